The van der Waals surface area contributed by atoms with Crippen LogP contribution < -0.4 is 10.1 Å². The van der Waals surface area contributed by atoms with Gasteiger partial charge in [-0.3, -0.25) is 9.35 Å². The number of carbonyl (C=O) groups excluding carboxylic acids is 1. The Kier molecular flexibility index (Phi) is 9.49. The first-order valence-electron chi connectivity index (χ1n) is 10.9. The number of methoxy groups -OCH3 is 1. The summed E-state index contributed by atoms with van der Waals surface area (Å²) in [7, 11) is -7.00. The summed E-state index contributed by atoms with van der Waals surface area (Å²) in [4.78, 5) is 11.1. The number of rotatable bonds is 11. The molecule has 3 aromatic carbocycles. The average Bonchev–Trinajstić information content (AvgIpc) is 2.85. The zero-order valence-corrected chi connectivity index (χ0v) is 23.1. The fourth-order valence-electron chi connectivity index (χ4n) is 3.54. The number of phenols is 1. The highest BCUT2D eigenvalue weighted by molar-refractivity contribution is 7.94. The zero-order valence-electron chi connectivity index (χ0n) is 20.6. The van der Waals surface area contributed by atoms with Gasteiger partial charge in [-0.1, -0.05) is 12.0 Å². The van der Waals surface area contributed by atoms with Crippen LogP contribution in [0.3, 0.4) is 0 Å². The molecule has 0 fully saturated rings. The fraction of sp³-hybridized carbons (Fsp3) is 0.227. The summed E-state index contributed by atoms with van der Waals surface area (Å²) in [6.07, 6.45) is 0.389. The third-order valence-corrected chi connectivity index (χ3v) is 8.50. The Hall–Kier alpha value is -3.32. The predicted molar refractivity (Wildman–Crippen MR) is 140 cm³/mol. The van der Waals surface area contributed by atoms with Crippen LogP contribution in [0.4, 0.5) is 17.1 Å². The van der Waals surface area contributed by atoms with Gasteiger partial charge in [-0.15, -0.1) is 14.6 Å². The lowest BCUT2D eigenvalue weighted by molar-refractivity contribution is -0.432. The van der Waals surface area contributed by atoms with E-state index in [1.54, 1.807) is 6.92 Å². The van der Waals surface area contributed by atoms with E-state index in [9.17, 15) is 31.3 Å². The highest BCUT2D eigenvalue weighted by atomic mass is 32.2. The number of azo groups is 1. The van der Waals surface area contributed by atoms with E-state index in [-0.39, 0.29) is 49.1 Å². The minimum Gasteiger partial charge on any atom is -0.505 e. The van der Waals surface area contributed by atoms with E-state index in [0.29, 0.717) is 18.5 Å². The molecule has 0 unspecified atom stereocenters. The number of anilines is 1. The Balaban J connectivity index is 2.29. The van der Waals surface area contributed by atoms with Gasteiger partial charge in [0.05, 0.1) is 45.3 Å². The molecule has 3 rings (SSSR count). The molecule has 0 aliphatic carbocycles. The summed E-state index contributed by atoms with van der Waals surface area (Å²) >= 11 is 0.356. The molecule has 0 saturated carbocycles. The maximum Gasteiger partial charge on any atom is 0.294 e. The number of fused-ring (bicyclic) bond motifs is 1. The van der Waals surface area contributed by atoms with Crippen molar-refractivity contribution in [3.8, 4) is 11.5 Å². The van der Waals surface area contributed by atoms with Crippen LogP contribution in [0.5, 0.6) is 11.5 Å². The number of aromatic hydroxyl groups is 1. The Morgan fingerprint density at radius 3 is 2.38 bits per heavy atom. The van der Waals surface area contributed by atoms with Gasteiger partial charge in [-0.05, 0) is 48.2 Å². The number of hydrogen-bond acceptors (Lipinski definition) is 13. The summed E-state index contributed by atoms with van der Waals surface area (Å²) in [5, 5.41) is 33.8. The number of hydrogen-bond donors (Lipinski definition) is 4. The van der Waals surface area contributed by atoms with Crippen LogP contribution >= 0.6 is 12.0 Å². The van der Waals surface area contributed by atoms with Gasteiger partial charge in [0.1, 0.15) is 17.1 Å². The summed E-state index contributed by atoms with van der Waals surface area (Å²) < 4.78 is 67.9. The van der Waals surface area contributed by atoms with Crippen molar-refractivity contribution in [3.05, 3.63) is 36.4 Å². The lowest BCUT2D eigenvalue weighted by atomic mass is 10.1. The molecule has 0 saturated heterocycles. The van der Waals surface area contributed by atoms with Gasteiger partial charge in [0.15, 0.2) is 15.6 Å². The van der Waals surface area contributed by atoms with Gasteiger partial charge in [-0.2, -0.15) is 8.42 Å². The van der Waals surface area contributed by atoms with Crippen LogP contribution in [0.1, 0.15) is 20.3 Å². The zero-order chi connectivity index (χ0) is 29.0. The van der Waals surface area contributed by atoms with Crippen molar-refractivity contribution in [3.63, 3.8) is 0 Å². The topological polar surface area (TPSA) is 210 Å². The molecule has 0 atom stereocenters. The first-order chi connectivity index (χ1) is 18.3. The molecule has 14 nitrogen and oxygen atoms in total. The number of nitrogens with one attached hydrogen (secondary N) is 1. The number of sulfone groups is 1. The van der Waals surface area contributed by atoms with Crippen molar-refractivity contribution in [2.24, 2.45) is 10.2 Å². The normalized spacial score (nSPS) is 12.2. The van der Waals surface area contributed by atoms with Gasteiger partial charge in [0.25, 0.3) is 10.1 Å². The third-order valence-electron chi connectivity index (χ3n) is 5.13. The molecule has 17 heteroatoms. The number of ether oxygens (including phenoxy) is 1. The minimum absolute atomic E-state index is 0.00624. The van der Waals surface area contributed by atoms with Crippen LogP contribution in [-0.4, -0.2) is 50.5 Å². The average molecular weight is 602 g/mol. The van der Waals surface area contributed by atoms with Crippen molar-refractivity contribution in [2.45, 2.75) is 35.0 Å². The molecular formula is C22H23N3O11S3. The van der Waals surface area contributed by atoms with Crippen molar-refractivity contribution in [1.29, 1.82) is 0 Å². The highest BCUT2D eigenvalue weighted by Gasteiger charge is 2.22. The van der Waals surface area contributed by atoms with Gasteiger partial charge in [0, 0.05) is 12.3 Å². The second kappa shape index (κ2) is 12.2. The van der Waals surface area contributed by atoms with E-state index in [2.05, 4.69) is 24.9 Å². The Bertz CT molecular complexity index is 1660. The largest absolute Gasteiger partial charge is 0.505 e. The molecule has 0 heterocycles. The monoisotopic (exact) mass is 601 g/mol. The van der Waals surface area contributed by atoms with Crippen molar-refractivity contribution >= 4 is 65.7 Å². The van der Waals surface area contributed by atoms with Crippen molar-refractivity contribution in [1.82, 2.24) is 0 Å². The quantitative estimate of drug-likeness (QED) is 0.0768. The summed E-state index contributed by atoms with van der Waals surface area (Å²) in [6.45, 7) is 2.86. The number of nitrogens with zero attached hydrogens (tertiary/aromatic N) is 2. The summed E-state index contributed by atoms with van der Waals surface area (Å²) in [5.41, 5.74) is -0.476. The van der Waals surface area contributed by atoms with Crippen LogP contribution in [-0.2, 0) is 34.1 Å². The SMILES string of the molecule is CCCS(=O)(=O)c1ccc(OC)c(/N=N/c2c(SOOO)cc3cc(S(=O)(=O)O)cc(NC(C)=O)c3c2O)c1. The maximum absolute atomic E-state index is 12.5. The second-order valence-corrected chi connectivity index (χ2v) is 12.1. The summed E-state index contributed by atoms with van der Waals surface area (Å²) in [5.74, 6) is -1.16. The lowest BCUT2D eigenvalue weighted by Crippen LogP contribution is -2.08. The van der Waals surface area contributed by atoms with Crippen LogP contribution in [0, 0.1) is 0 Å². The molecule has 0 spiro atoms. The van der Waals surface area contributed by atoms with Crippen molar-refractivity contribution in [2.75, 3.05) is 18.2 Å². The number of carbonyl (C=O) groups is 1. The number of amides is 1. The maximum atomic E-state index is 12.5. The Morgan fingerprint density at radius 1 is 1.08 bits per heavy atom. The number of benzene rings is 3. The van der Waals surface area contributed by atoms with Gasteiger partial charge < -0.3 is 15.2 Å². The van der Waals surface area contributed by atoms with E-state index < -0.39 is 36.5 Å². The van der Waals surface area contributed by atoms with E-state index in [0.717, 1.165) is 19.1 Å². The Morgan fingerprint density at radius 2 is 1.79 bits per heavy atom. The van der Waals surface area contributed by atoms with Crippen LogP contribution in [0.2, 0.25) is 0 Å². The standard InChI is InChI=1S/C22H23N3O11S3/c1-4-7-38(29,30)14-5-6-18(34-3)16(10-14)24-25-21-19(37-36-35-28)9-13-8-15(39(31,32)33)11-17(23-12(2)26)20(13)22(21)27/h5-6,8-11,27-28H,4,7H2,1-3H3,(H,23,26)(H,31,32,33)/b25-24+. The predicted octanol–water partition coefficient (Wildman–Crippen LogP) is 4.79. The van der Waals surface area contributed by atoms with Gasteiger partial charge >= 0.3 is 0 Å². The first kappa shape index (κ1) is 30.2. The molecule has 0 aliphatic heterocycles. The molecule has 0 radical (unpaired) electrons. The molecule has 0 bridgehead atoms. The third kappa shape index (κ3) is 7.01. The van der Waals surface area contributed by atoms with E-state index >= 15 is 0 Å². The number of phenolic OH excluding ortho intramolecular Hbond substituents is 1. The van der Waals surface area contributed by atoms with E-state index in [1.807, 2.05) is 0 Å². The Labute approximate surface area is 227 Å². The molecule has 3 aromatic rings. The molecule has 4 N–H and O–H groups in total. The summed E-state index contributed by atoms with van der Waals surface area (Å²) in [6, 6.07) is 7.20. The first-order valence-corrected chi connectivity index (χ1v) is 14.7. The van der Waals surface area contributed by atoms with Crippen LogP contribution in [0.25, 0.3) is 10.8 Å². The van der Waals surface area contributed by atoms with Gasteiger partial charge in [-0.25, -0.2) is 13.7 Å². The highest BCUT2D eigenvalue weighted by Crippen LogP contribution is 2.47. The molecule has 1 amide bonds. The molecule has 0 aliphatic rings. The molecular weight excluding hydrogens is 578 g/mol. The minimum atomic E-state index is -4.72. The fourth-order valence-corrected chi connectivity index (χ4v) is 5.92. The molecule has 0 aromatic heterocycles. The molecule has 210 valence electrons. The van der Waals surface area contributed by atoms with E-state index in [4.69, 9.17) is 9.99 Å². The van der Waals surface area contributed by atoms with Crippen molar-refractivity contribution < 1.29 is 50.7 Å². The van der Waals surface area contributed by atoms with Crippen LogP contribution in [0.15, 0.2) is 61.3 Å². The van der Waals surface area contributed by atoms with E-state index in [1.165, 1.54) is 31.4 Å². The molecule has 39 heavy (non-hydrogen) atoms. The smallest absolute Gasteiger partial charge is 0.294 e. The van der Waals surface area contributed by atoms with Gasteiger partial charge in [0.2, 0.25) is 5.91 Å². The second-order valence-electron chi connectivity index (χ2n) is 7.88. The lowest BCUT2D eigenvalue weighted by Gasteiger charge is -2.14.